The third-order valence-electron chi connectivity index (χ3n) is 3.93. The fourth-order valence-corrected chi connectivity index (χ4v) is 2.71. The van der Waals surface area contributed by atoms with Crippen molar-refractivity contribution in [3.8, 4) is 5.75 Å². The SMILES string of the molecule is CCN(CC)C1=Cc2ccccc2OC1=C1C=CC(=[NH2+])C=C1. The Morgan fingerprint density at radius 2 is 1.68 bits per heavy atom. The zero-order valence-corrected chi connectivity index (χ0v) is 13.0. The average molecular weight is 293 g/mol. The first-order valence-electron chi connectivity index (χ1n) is 7.69. The molecule has 1 aromatic carbocycles. The summed E-state index contributed by atoms with van der Waals surface area (Å²) >= 11 is 0. The molecule has 1 aliphatic heterocycles. The molecule has 0 bridgehead atoms. The molecule has 0 spiro atoms. The molecule has 0 amide bonds. The van der Waals surface area contributed by atoms with Crippen LogP contribution in [0.15, 0.2) is 65.6 Å². The van der Waals surface area contributed by atoms with E-state index in [0.29, 0.717) is 0 Å². The van der Waals surface area contributed by atoms with Gasteiger partial charge in [0.15, 0.2) is 11.5 Å². The van der Waals surface area contributed by atoms with Gasteiger partial charge in [0.1, 0.15) is 5.75 Å². The number of fused-ring (bicyclic) bond motifs is 1. The van der Waals surface area contributed by atoms with Crippen molar-refractivity contribution in [1.29, 1.82) is 0 Å². The molecule has 0 fully saturated rings. The Labute approximate surface area is 131 Å². The maximum atomic E-state index is 6.22. The number of likely N-dealkylation sites (N-methyl/N-ethyl adjacent to an activating group) is 1. The van der Waals surface area contributed by atoms with Crippen molar-refractivity contribution in [2.24, 2.45) is 0 Å². The van der Waals surface area contributed by atoms with Gasteiger partial charge in [0.2, 0.25) is 0 Å². The van der Waals surface area contributed by atoms with E-state index in [1.807, 2.05) is 42.5 Å². The second-order valence-electron chi connectivity index (χ2n) is 5.29. The molecule has 22 heavy (non-hydrogen) atoms. The molecule has 0 atom stereocenters. The number of nitrogens with two attached hydrogens (primary N) is 1. The first-order chi connectivity index (χ1) is 10.7. The first-order valence-corrected chi connectivity index (χ1v) is 7.69. The molecular formula is C19H21N2O+. The number of rotatable bonds is 3. The Morgan fingerprint density at radius 1 is 1.00 bits per heavy atom. The normalized spacial score (nSPS) is 16.3. The summed E-state index contributed by atoms with van der Waals surface area (Å²) in [4.78, 5) is 2.31. The Morgan fingerprint density at radius 3 is 2.36 bits per heavy atom. The highest BCUT2D eigenvalue weighted by atomic mass is 16.5. The quantitative estimate of drug-likeness (QED) is 0.929. The fourth-order valence-electron chi connectivity index (χ4n) is 2.71. The van der Waals surface area contributed by atoms with Gasteiger partial charge >= 0.3 is 0 Å². The molecule has 3 heteroatoms. The van der Waals surface area contributed by atoms with E-state index >= 15 is 0 Å². The van der Waals surface area contributed by atoms with E-state index in [4.69, 9.17) is 10.1 Å². The van der Waals surface area contributed by atoms with E-state index in [-0.39, 0.29) is 0 Å². The van der Waals surface area contributed by atoms with Gasteiger partial charge in [-0.25, -0.2) is 0 Å². The highest BCUT2D eigenvalue weighted by molar-refractivity contribution is 6.01. The largest absolute Gasteiger partial charge is 0.454 e. The Bertz CT molecular complexity index is 701. The second-order valence-corrected chi connectivity index (χ2v) is 5.29. The van der Waals surface area contributed by atoms with Gasteiger partial charge in [-0.1, -0.05) is 18.2 Å². The summed E-state index contributed by atoms with van der Waals surface area (Å²) in [6.45, 7) is 6.19. The molecule has 3 nitrogen and oxygen atoms in total. The van der Waals surface area contributed by atoms with Gasteiger partial charge in [0.05, 0.1) is 5.70 Å². The van der Waals surface area contributed by atoms with Crippen molar-refractivity contribution < 1.29 is 10.1 Å². The van der Waals surface area contributed by atoms with Crippen molar-refractivity contribution in [3.63, 3.8) is 0 Å². The van der Waals surface area contributed by atoms with Crippen molar-refractivity contribution in [3.05, 3.63) is 71.2 Å². The number of ether oxygens (including phenoxy) is 1. The van der Waals surface area contributed by atoms with E-state index in [2.05, 4.69) is 30.9 Å². The monoisotopic (exact) mass is 293 g/mol. The number of hydrogen-bond acceptors (Lipinski definition) is 2. The van der Waals surface area contributed by atoms with Crippen LogP contribution in [0.25, 0.3) is 6.08 Å². The van der Waals surface area contributed by atoms with Crippen molar-refractivity contribution in [1.82, 2.24) is 4.90 Å². The molecule has 0 unspecified atom stereocenters. The van der Waals surface area contributed by atoms with Crippen molar-refractivity contribution >= 4 is 11.8 Å². The Hall–Kier alpha value is -2.55. The summed E-state index contributed by atoms with van der Waals surface area (Å²) in [6.07, 6.45) is 10.0. The van der Waals surface area contributed by atoms with Crippen LogP contribution in [0.2, 0.25) is 0 Å². The zero-order valence-electron chi connectivity index (χ0n) is 13.0. The molecular weight excluding hydrogens is 272 g/mol. The summed E-state index contributed by atoms with van der Waals surface area (Å²) < 4.78 is 6.22. The van der Waals surface area contributed by atoms with Crippen LogP contribution in [0.3, 0.4) is 0 Å². The van der Waals surface area contributed by atoms with Gasteiger partial charge < -0.3 is 9.64 Å². The lowest BCUT2D eigenvalue weighted by Crippen LogP contribution is -2.37. The van der Waals surface area contributed by atoms with Crippen LogP contribution in [-0.4, -0.2) is 23.7 Å². The Kier molecular flexibility index (Phi) is 3.96. The highest BCUT2D eigenvalue weighted by Gasteiger charge is 2.23. The van der Waals surface area contributed by atoms with E-state index in [0.717, 1.165) is 47.1 Å². The summed E-state index contributed by atoms with van der Waals surface area (Å²) in [5.41, 5.74) is 4.04. The third-order valence-corrected chi connectivity index (χ3v) is 3.93. The maximum absolute atomic E-state index is 6.22. The fraction of sp³-hybridized carbons (Fsp3) is 0.211. The number of nitrogens with zero attached hydrogens (tertiary/aromatic N) is 1. The second kappa shape index (κ2) is 6.06. The van der Waals surface area contributed by atoms with Crippen LogP contribution >= 0.6 is 0 Å². The zero-order chi connectivity index (χ0) is 15.5. The lowest BCUT2D eigenvalue weighted by molar-refractivity contribution is -0.110. The summed E-state index contributed by atoms with van der Waals surface area (Å²) in [6, 6.07) is 8.11. The topological polar surface area (TPSA) is 38.1 Å². The predicted octanol–water partition coefficient (Wildman–Crippen LogP) is 2.34. The minimum Gasteiger partial charge on any atom is -0.454 e. The van der Waals surface area contributed by atoms with Crippen LogP contribution in [0, 0.1) is 0 Å². The van der Waals surface area contributed by atoms with Gasteiger partial charge in [-0.2, -0.15) is 0 Å². The van der Waals surface area contributed by atoms with Gasteiger partial charge in [-0.3, -0.25) is 5.41 Å². The molecule has 0 radical (unpaired) electrons. The van der Waals surface area contributed by atoms with Crippen LogP contribution in [-0.2, 0) is 0 Å². The Balaban J connectivity index is 2.13. The number of allylic oxidation sites excluding steroid dienone is 5. The molecule has 1 aromatic rings. The van der Waals surface area contributed by atoms with Gasteiger partial charge in [-0.15, -0.1) is 0 Å². The highest BCUT2D eigenvalue weighted by Crippen LogP contribution is 2.35. The van der Waals surface area contributed by atoms with Gasteiger partial charge in [-0.05, 0) is 38.1 Å². The molecule has 0 saturated carbocycles. The first kappa shape index (κ1) is 14.4. The van der Waals surface area contributed by atoms with E-state index in [1.54, 1.807) is 0 Å². The smallest absolute Gasteiger partial charge is 0.196 e. The molecule has 1 heterocycles. The minimum absolute atomic E-state index is 0.758. The van der Waals surface area contributed by atoms with Gasteiger partial charge in [0.25, 0.3) is 0 Å². The number of para-hydroxylation sites is 1. The molecule has 1 aliphatic carbocycles. The van der Waals surface area contributed by atoms with Crippen LogP contribution < -0.4 is 10.1 Å². The van der Waals surface area contributed by atoms with E-state index in [1.165, 1.54) is 0 Å². The molecule has 0 saturated heterocycles. The van der Waals surface area contributed by atoms with Crippen LogP contribution in [0.4, 0.5) is 0 Å². The summed E-state index contributed by atoms with van der Waals surface area (Å²) in [7, 11) is 0. The van der Waals surface area contributed by atoms with Crippen molar-refractivity contribution in [2.45, 2.75) is 13.8 Å². The van der Waals surface area contributed by atoms with Crippen LogP contribution in [0.1, 0.15) is 19.4 Å². The summed E-state index contributed by atoms with van der Waals surface area (Å²) in [5.74, 6) is 1.78. The van der Waals surface area contributed by atoms with Crippen LogP contribution in [0.5, 0.6) is 5.75 Å². The lowest BCUT2D eigenvalue weighted by Gasteiger charge is -2.30. The molecule has 2 N–H and O–H groups in total. The minimum atomic E-state index is 0.758. The maximum Gasteiger partial charge on any atom is 0.196 e. The molecule has 2 aliphatic rings. The van der Waals surface area contributed by atoms with Gasteiger partial charge in [0, 0.05) is 36.4 Å². The predicted molar refractivity (Wildman–Crippen MR) is 90.2 cm³/mol. The number of benzene rings is 1. The summed E-state index contributed by atoms with van der Waals surface area (Å²) in [5, 5.41) is 5.80. The lowest BCUT2D eigenvalue weighted by atomic mass is 10.0. The standard InChI is InChI=1S/C19H20N2O/c1-3-21(4-2)17-13-15-7-5-6-8-18(15)22-19(17)14-9-11-16(20)12-10-14/h5-13,20H,3-4H2,1-2H3/p+1. The van der Waals surface area contributed by atoms with Crippen molar-refractivity contribution in [2.75, 3.05) is 13.1 Å². The van der Waals surface area contributed by atoms with E-state index < -0.39 is 0 Å². The molecule has 3 rings (SSSR count). The third kappa shape index (κ3) is 2.62. The van der Waals surface area contributed by atoms with E-state index in [9.17, 15) is 0 Å². The molecule has 112 valence electrons. The molecule has 0 aromatic heterocycles. The number of hydrogen-bond donors (Lipinski definition) is 1. The average Bonchev–Trinajstić information content (AvgIpc) is 2.56.